The monoisotopic (exact) mass is 316 g/mol. The van der Waals surface area contributed by atoms with Crippen LogP contribution in [0.3, 0.4) is 0 Å². The minimum absolute atomic E-state index is 0.0996. The number of aliphatic hydroxyl groups excluding tert-OH is 1. The van der Waals surface area contributed by atoms with Gasteiger partial charge in [-0.15, -0.1) is 0 Å². The molecule has 0 amide bonds. The Hall–Kier alpha value is -1.02. The molecule has 7 heteroatoms. The van der Waals surface area contributed by atoms with E-state index in [4.69, 9.17) is 5.11 Å². The molecule has 1 aliphatic rings. The smallest absolute Gasteiger partial charge is 0.246 e. The van der Waals surface area contributed by atoms with Crippen molar-refractivity contribution in [3.8, 4) is 0 Å². The van der Waals surface area contributed by atoms with Gasteiger partial charge in [-0.25, -0.2) is 12.8 Å². The van der Waals surface area contributed by atoms with E-state index in [1.165, 1.54) is 16.4 Å². The van der Waals surface area contributed by atoms with Crippen LogP contribution in [0.2, 0.25) is 0 Å². The molecule has 1 fully saturated rings. The van der Waals surface area contributed by atoms with Crippen molar-refractivity contribution in [2.45, 2.75) is 31.4 Å². The summed E-state index contributed by atoms with van der Waals surface area (Å²) in [5.41, 5.74) is 0.384. The molecule has 0 saturated carbocycles. The van der Waals surface area contributed by atoms with E-state index in [1.807, 2.05) is 13.8 Å². The number of halogens is 1. The summed E-state index contributed by atoms with van der Waals surface area (Å²) in [7, 11) is -3.87. The molecule has 1 aromatic carbocycles. The molecule has 0 aliphatic carbocycles. The maximum atomic E-state index is 13.9. The molecule has 1 N–H and O–H groups in total. The largest absolute Gasteiger partial charge is 0.392 e. The molecule has 0 aromatic heterocycles. The second-order valence-electron chi connectivity index (χ2n) is 5.26. The first-order valence-electron chi connectivity index (χ1n) is 7.03. The third-order valence-electron chi connectivity index (χ3n) is 3.93. The molecule has 1 aromatic rings. The van der Waals surface area contributed by atoms with Crippen molar-refractivity contribution in [3.63, 3.8) is 0 Å². The lowest BCUT2D eigenvalue weighted by Crippen LogP contribution is -2.53. The minimum atomic E-state index is -3.87. The van der Waals surface area contributed by atoms with Gasteiger partial charge in [0.05, 0.1) is 6.61 Å². The van der Waals surface area contributed by atoms with Crippen molar-refractivity contribution in [3.05, 3.63) is 29.6 Å². The number of aliphatic hydroxyl groups is 1. The van der Waals surface area contributed by atoms with Gasteiger partial charge in [-0.3, -0.25) is 4.90 Å². The van der Waals surface area contributed by atoms with E-state index in [2.05, 4.69) is 4.90 Å². The topological polar surface area (TPSA) is 60.9 Å². The Bertz CT molecular complexity index is 606. The van der Waals surface area contributed by atoms with Gasteiger partial charge in [0.1, 0.15) is 10.7 Å². The van der Waals surface area contributed by atoms with Crippen LogP contribution in [0.4, 0.5) is 4.39 Å². The molecule has 5 nitrogen and oxygen atoms in total. The number of rotatable bonds is 4. The van der Waals surface area contributed by atoms with Crippen molar-refractivity contribution in [1.29, 1.82) is 0 Å². The van der Waals surface area contributed by atoms with Crippen molar-refractivity contribution in [2.24, 2.45) is 0 Å². The molecule has 118 valence electrons. The van der Waals surface area contributed by atoms with Crippen molar-refractivity contribution in [1.82, 2.24) is 9.21 Å². The van der Waals surface area contributed by atoms with Crippen LogP contribution in [0.15, 0.2) is 23.1 Å². The molecule has 1 heterocycles. The zero-order chi connectivity index (χ0) is 15.6. The Morgan fingerprint density at radius 1 is 1.38 bits per heavy atom. The van der Waals surface area contributed by atoms with Gasteiger partial charge in [-0.05, 0) is 31.2 Å². The molecule has 1 aliphatic heterocycles. The molecular weight excluding hydrogens is 295 g/mol. The minimum Gasteiger partial charge on any atom is -0.392 e. The molecule has 1 saturated heterocycles. The lowest BCUT2D eigenvalue weighted by atomic mass is 10.2. The number of benzene rings is 1. The second-order valence-corrected chi connectivity index (χ2v) is 7.17. The van der Waals surface area contributed by atoms with Crippen molar-refractivity contribution < 1.29 is 17.9 Å². The van der Waals surface area contributed by atoms with Gasteiger partial charge < -0.3 is 5.11 Å². The Labute approximate surface area is 125 Å². The van der Waals surface area contributed by atoms with Crippen LogP contribution in [-0.2, 0) is 16.6 Å². The number of hydrogen-bond acceptors (Lipinski definition) is 4. The highest BCUT2D eigenvalue weighted by atomic mass is 32.2. The Morgan fingerprint density at radius 3 is 2.67 bits per heavy atom. The highest BCUT2D eigenvalue weighted by Crippen LogP contribution is 2.23. The van der Waals surface area contributed by atoms with Crippen molar-refractivity contribution in [2.75, 3.05) is 26.2 Å². The maximum absolute atomic E-state index is 13.9. The van der Waals surface area contributed by atoms with E-state index >= 15 is 0 Å². The van der Waals surface area contributed by atoms with Crippen LogP contribution in [0.5, 0.6) is 0 Å². The first kappa shape index (κ1) is 16.4. The van der Waals surface area contributed by atoms with Gasteiger partial charge in [0.25, 0.3) is 0 Å². The molecule has 0 spiro atoms. The lowest BCUT2D eigenvalue weighted by Gasteiger charge is -2.38. The van der Waals surface area contributed by atoms with Gasteiger partial charge in [0.2, 0.25) is 10.0 Å². The van der Waals surface area contributed by atoms with Gasteiger partial charge in [0.15, 0.2) is 0 Å². The maximum Gasteiger partial charge on any atom is 0.246 e. The first-order chi connectivity index (χ1) is 9.90. The fourth-order valence-corrected chi connectivity index (χ4v) is 4.26. The SMILES string of the molecule is CCN1CCN(S(=O)(=O)c2cc(CO)ccc2F)CC1C. The van der Waals surface area contributed by atoms with E-state index < -0.39 is 15.8 Å². The average molecular weight is 316 g/mol. The fourth-order valence-electron chi connectivity index (χ4n) is 2.63. The highest BCUT2D eigenvalue weighted by molar-refractivity contribution is 7.89. The molecule has 0 bridgehead atoms. The van der Waals surface area contributed by atoms with Crippen LogP contribution < -0.4 is 0 Å². The average Bonchev–Trinajstić information content (AvgIpc) is 2.47. The van der Waals surface area contributed by atoms with Crippen LogP contribution >= 0.6 is 0 Å². The van der Waals surface area contributed by atoms with Crippen LogP contribution in [0, 0.1) is 5.82 Å². The van der Waals surface area contributed by atoms with E-state index in [9.17, 15) is 12.8 Å². The number of likely N-dealkylation sites (N-methyl/N-ethyl adjacent to an activating group) is 1. The number of sulfonamides is 1. The predicted molar refractivity (Wildman–Crippen MR) is 77.8 cm³/mol. The van der Waals surface area contributed by atoms with Crippen molar-refractivity contribution >= 4 is 10.0 Å². The van der Waals surface area contributed by atoms with Gasteiger partial charge in [-0.2, -0.15) is 4.31 Å². The molecule has 21 heavy (non-hydrogen) atoms. The molecular formula is C14H21FN2O3S. The van der Waals surface area contributed by atoms with Crippen LogP contribution in [0.25, 0.3) is 0 Å². The van der Waals surface area contributed by atoms with Gasteiger partial charge in [-0.1, -0.05) is 13.0 Å². The third-order valence-corrected chi connectivity index (χ3v) is 5.81. The van der Waals surface area contributed by atoms with Crippen LogP contribution in [-0.4, -0.2) is 55.0 Å². The molecule has 0 radical (unpaired) electrons. The summed E-state index contributed by atoms with van der Waals surface area (Å²) in [5, 5.41) is 9.10. The Morgan fingerprint density at radius 2 is 2.10 bits per heavy atom. The second kappa shape index (κ2) is 6.39. The predicted octanol–water partition coefficient (Wildman–Crippen LogP) is 1.03. The van der Waals surface area contributed by atoms with E-state index in [0.29, 0.717) is 25.2 Å². The number of nitrogens with zero attached hydrogens (tertiary/aromatic N) is 2. The Balaban J connectivity index is 2.31. The van der Waals surface area contributed by atoms with Gasteiger partial charge in [0, 0.05) is 25.7 Å². The summed E-state index contributed by atoms with van der Waals surface area (Å²) in [6.07, 6.45) is 0. The third kappa shape index (κ3) is 3.26. The van der Waals surface area contributed by atoms with Crippen LogP contribution in [0.1, 0.15) is 19.4 Å². The summed E-state index contributed by atoms with van der Waals surface area (Å²) in [4.78, 5) is 1.83. The number of piperazine rings is 1. The van der Waals surface area contributed by atoms with E-state index in [1.54, 1.807) is 0 Å². The van der Waals surface area contributed by atoms with E-state index in [-0.39, 0.29) is 17.5 Å². The number of hydrogen-bond donors (Lipinski definition) is 1. The first-order valence-corrected chi connectivity index (χ1v) is 8.47. The molecule has 1 unspecified atom stereocenters. The molecule has 1 atom stereocenters. The zero-order valence-electron chi connectivity index (χ0n) is 12.3. The summed E-state index contributed by atoms with van der Waals surface area (Å²) >= 11 is 0. The summed E-state index contributed by atoms with van der Waals surface area (Å²) in [6, 6.07) is 3.78. The summed E-state index contributed by atoms with van der Waals surface area (Å²) < 4.78 is 40.4. The lowest BCUT2D eigenvalue weighted by molar-refractivity contribution is 0.135. The summed E-state index contributed by atoms with van der Waals surface area (Å²) in [5.74, 6) is -0.780. The van der Waals surface area contributed by atoms with Gasteiger partial charge >= 0.3 is 0 Å². The fraction of sp³-hybridized carbons (Fsp3) is 0.571. The molecule has 2 rings (SSSR count). The Kier molecular flexibility index (Phi) is 4.98. The standard InChI is InChI=1S/C14H21FN2O3S/c1-3-16-6-7-17(9-11(16)2)21(19,20)14-8-12(10-18)4-5-13(14)15/h4-5,8,11,18H,3,6-7,9-10H2,1-2H3. The normalized spacial score (nSPS) is 21.6. The quantitative estimate of drug-likeness (QED) is 0.901. The van der Waals surface area contributed by atoms with E-state index in [0.717, 1.165) is 12.6 Å². The highest BCUT2D eigenvalue weighted by Gasteiger charge is 2.33. The zero-order valence-corrected chi connectivity index (χ0v) is 13.1. The summed E-state index contributed by atoms with van der Waals surface area (Å²) in [6.45, 7) is 5.88.